The number of aliphatic hydroxyl groups is 1. The summed E-state index contributed by atoms with van der Waals surface area (Å²) in [6.45, 7) is 6.04. The van der Waals surface area contributed by atoms with E-state index < -0.39 is 41.1 Å². The van der Waals surface area contributed by atoms with Crippen LogP contribution in [0.1, 0.15) is 33.6 Å². The molecule has 1 spiro atoms. The van der Waals surface area contributed by atoms with Crippen LogP contribution in [0.4, 0.5) is 5.69 Å². The number of ether oxygens (including phenoxy) is 2. The normalized spacial score (nSPS) is 32.1. The molecule has 0 saturated carbocycles. The van der Waals surface area contributed by atoms with E-state index in [9.17, 15) is 19.5 Å². The van der Waals surface area contributed by atoms with Gasteiger partial charge >= 0.3 is 5.97 Å². The van der Waals surface area contributed by atoms with E-state index in [2.05, 4.69) is 0 Å². The first-order chi connectivity index (χ1) is 19.3. The van der Waals surface area contributed by atoms with E-state index in [1.807, 2.05) is 81.5 Å². The SMILES string of the molecule is CC[C@]12C=CCOC(=O)[C@H]1[C@H]1C(=O)N([C@@H](CO)CC(C)C)C3C(=O)N(c4ccc5ccccc5c4)CC=C[C@@]31O2. The van der Waals surface area contributed by atoms with Gasteiger partial charge in [0.15, 0.2) is 0 Å². The van der Waals surface area contributed by atoms with Crippen molar-refractivity contribution >= 4 is 34.2 Å². The zero-order valence-electron chi connectivity index (χ0n) is 23.2. The summed E-state index contributed by atoms with van der Waals surface area (Å²) in [7, 11) is 0. The number of hydrogen-bond acceptors (Lipinski definition) is 6. The molecule has 2 saturated heterocycles. The molecule has 6 atom stereocenters. The van der Waals surface area contributed by atoms with Gasteiger partial charge in [-0.25, -0.2) is 0 Å². The Kier molecular flexibility index (Phi) is 6.58. The third-order valence-electron chi connectivity index (χ3n) is 9.03. The van der Waals surface area contributed by atoms with Crippen LogP contribution in [0.25, 0.3) is 10.8 Å². The lowest BCUT2D eigenvalue weighted by Gasteiger charge is -2.41. The highest BCUT2D eigenvalue weighted by atomic mass is 16.6. The molecule has 0 aliphatic carbocycles. The molecular weight excluding hydrogens is 508 g/mol. The maximum Gasteiger partial charge on any atom is 0.313 e. The van der Waals surface area contributed by atoms with Crippen LogP contribution in [0.2, 0.25) is 0 Å². The number of amides is 2. The molecular formula is C32H36N2O6. The van der Waals surface area contributed by atoms with Crippen LogP contribution < -0.4 is 4.90 Å². The number of aliphatic hydroxyl groups excluding tert-OH is 1. The second-order valence-corrected chi connectivity index (χ2v) is 11.7. The Labute approximate surface area is 234 Å². The van der Waals surface area contributed by atoms with Crippen molar-refractivity contribution in [2.75, 3.05) is 24.7 Å². The number of carbonyl (C=O) groups excluding carboxylic acids is 3. The number of nitrogens with zero attached hydrogens (tertiary/aromatic N) is 2. The largest absolute Gasteiger partial charge is 0.461 e. The molecule has 1 N–H and O–H groups in total. The van der Waals surface area contributed by atoms with Crippen LogP contribution in [0.5, 0.6) is 0 Å². The van der Waals surface area contributed by atoms with E-state index in [1.165, 1.54) is 4.90 Å². The van der Waals surface area contributed by atoms with Crippen molar-refractivity contribution in [3.8, 4) is 0 Å². The van der Waals surface area contributed by atoms with E-state index in [-0.39, 0.29) is 37.5 Å². The molecule has 0 radical (unpaired) electrons. The fourth-order valence-corrected chi connectivity index (χ4v) is 7.33. The average molecular weight is 545 g/mol. The van der Waals surface area contributed by atoms with Crippen molar-refractivity contribution in [1.29, 1.82) is 0 Å². The molecule has 4 aliphatic rings. The predicted molar refractivity (Wildman–Crippen MR) is 150 cm³/mol. The van der Waals surface area contributed by atoms with Crippen molar-refractivity contribution in [1.82, 2.24) is 4.90 Å². The zero-order chi connectivity index (χ0) is 28.2. The van der Waals surface area contributed by atoms with Gasteiger partial charge < -0.3 is 24.4 Å². The third-order valence-corrected chi connectivity index (χ3v) is 9.03. The van der Waals surface area contributed by atoms with Crippen molar-refractivity contribution < 1.29 is 29.0 Å². The highest BCUT2D eigenvalue weighted by Gasteiger charge is 2.76. The summed E-state index contributed by atoms with van der Waals surface area (Å²) < 4.78 is 12.4. The Bertz CT molecular complexity index is 1420. The Hall–Kier alpha value is -3.49. The summed E-state index contributed by atoms with van der Waals surface area (Å²) in [6, 6.07) is 12.2. The van der Waals surface area contributed by atoms with E-state index in [0.717, 1.165) is 10.8 Å². The molecule has 210 valence electrons. The lowest BCUT2D eigenvalue weighted by atomic mass is 9.73. The van der Waals surface area contributed by atoms with Gasteiger partial charge in [0.25, 0.3) is 5.91 Å². The Balaban J connectivity index is 1.52. The van der Waals surface area contributed by atoms with Gasteiger partial charge in [0.2, 0.25) is 5.91 Å². The van der Waals surface area contributed by atoms with Gasteiger partial charge in [0.05, 0.1) is 18.6 Å². The molecule has 8 heteroatoms. The van der Waals surface area contributed by atoms with Gasteiger partial charge in [-0.2, -0.15) is 0 Å². The Morgan fingerprint density at radius 1 is 1.00 bits per heavy atom. The van der Waals surface area contributed by atoms with Crippen LogP contribution in [0, 0.1) is 17.8 Å². The van der Waals surface area contributed by atoms with Crippen molar-refractivity contribution in [2.45, 2.75) is 56.9 Å². The lowest BCUT2D eigenvalue weighted by Crippen LogP contribution is -2.59. The molecule has 1 unspecified atom stereocenters. The molecule has 40 heavy (non-hydrogen) atoms. The number of carbonyl (C=O) groups is 3. The number of rotatable bonds is 6. The van der Waals surface area contributed by atoms with Gasteiger partial charge in [-0.1, -0.05) is 69.3 Å². The van der Waals surface area contributed by atoms with Crippen LogP contribution in [-0.2, 0) is 23.9 Å². The lowest BCUT2D eigenvalue weighted by molar-refractivity contribution is -0.159. The number of cyclic esters (lactones) is 1. The van der Waals surface area contributed by atoms with Gasteiger partial charge in [-0.3, -0.25) is 14.4 Å². The zero-order valence-corrected chi connectivity index (χ0v) is 23.2. The average Bonchev–Trinajstić information content (AvgIpc) is 3.23. The molecule has 2 fully saturated rings. The summed E-state index contributed by atoms with van der Waals surface area (Å²) >= 11 is 0. The van der Waals surface area contributed by atoms with Gasteiger partial charge in [-0.15, -0.1) is 0 Å². The fourth-order valence-electron chi connectivity index (χ4n) is 7.33. The summed E-state index contributed by atoms with van der Waals surface area (Å²) in [6.07, 6.45) is 8.24. The maximum atomic E-state index is 14.7. The van der Waals surface area contributed by atoms with E-state index in [0.29, 0.717) is 18.5 Å². The molecule has 0 bridgehead atoms. The smallest absolute Gasteiger partial charge is 0.313 e. The van der Waals surface area contributed by atoms with Gasteiger partial charge in [-0.05, 0) is 47.7 Å². The van der Waals surface area contributed by atoms with Crippen LogP contribution in [-0.4, -0.2) is 70.8 Å². The van der Waals surface area contributed by atoms with Gasteiger partial charge in [0, 0.05) is 12.2 Å². The number of esters is 1. The minimum Gasteiger partial charge on any atom is -0.461 e. The van der Waals surface area contributed by atoms with E-state index in [1.54, 1.807) is 11.0 Å². The topological polar surface area (TPSA) is 96.4 Å². The highest BCUT2D eigenvalue weighted by Crippen LogP contribution is 2.59. The first-order valence-electron chi connectivity index (χ1n) is 14.2. The minimum atomic E-state index is -1.38. The van der Waals surface area contributed by atoms with E-state index >= 15 is 0 Å². The minimum absolute atomic E-state index is 0.110. The Morgan fingerprint density at radius 3 is 2.50 bits per heavy atom. The van der Waals surface area contributed by atoms with Crippen molar-refractivity contribution in [2.24, 2.45) is 17.8 Å². The molecule has 2 amide bonds. The molecule has 8 nitrogen and oxygen atoms in total. The molecule has 2 aromatic rings. The van der Waals surface area contributed by atoms with Crippen LogP contribution in [0.3, 0.4) is 0 Å². The monoisotopic (exact) mass is 544 g/mol. The standard InChI is InChI=1S/C32H36N2O6/c1-4-31-13-8-16-39-30(38)26(31)25-28(36)34(24(19-35)17-20(2)3)27-29(37)33(15-7-14-32(25,27)40-31)23-12-11-21-9-5-6-10-22(21)18-23/h5-14,18,20,24-27,35H,4,15-17,19H2,1-3H3/t24-,25+,26-,27?,31+,32+/m1/s1. The van der Waals surface area contributed by atoms with Crippen LogP contribution >= 0.6 is 0 Å². The van der Waals surface area contributed by atoms with Crippen molar-refractivity contribution in [3.63, 3.8) is 0 Å². The summed E-state index contributed by atoms with van der Waals surface area (Å²) in [5, 5.41) is 12.6. The molecule has 4 aliphatic heterocycles. The fraction of sp³-hybridized carbons (Fsp3) is 0.469. The molecule has 2 aromatic carbocycles. The van der Waals surface area contributed by atoms with E-state index in [4.69, 9.17) is 9.47 Å². The molecule has 6 rings (SSSR count). The third kappa shape index (κ3) is 3.84. The number of likely N-dealkylation sites (tertiary alicyclic amines) is 1. The Morgan fingerprint density at radius 2 is 1.77 bits per heavy atom. The van der Waals surface area contributed by atoms with Crippen molar-refractivity contribution in [3.05, 3.63) is 66.8 Å². The van der Waals surface area contributed by atoms with Crippen LogP contribution in [0.15, 0.2) is 66.8 Å². The number of benzene rings is 2. The quantitative estimate of drug-likeness (QED) is 0.441. The maximum absolute atomic E-state index is 14.7. The second-order valence-electron chi connectivity index (χ2n) is 11.7. The summed E-state index contributed by atoms with van der Waals surface area (Å²) in [5.41, 5.74) is -1.75. The molecule has 0 aromatic heterocycles. The highest BCUT2D eigenvalue weighted by molar-refractivity contribution is 6.06. The summed E-state index contributed by atoms with van der Waals surface area (Å²) in [5.74, 6) is -2.83. The van der Waals surface area contributed by atoms with Gasteiger partial charge in [0.1, 0.15) is 29.8 Å². The predicted octanol–water partition coefficient (Wildman–Crippen LogP) is 3.62. The second kappa shape index (κ2) is 9.85. The first kappa shape index (κ1) is 26.7. The number of fused-ring (bicyclic) bond motifs is 3. The molecule has 4 heterocycles. The first-order valence-corrected chi connectivity index (χ1v) is 14.2. The number of anilines is 1. The number of hydrogen-bond donors (Lipinski definition) is 1. The summed E-state index contributed by atoms with van der Waals surface area (Å²) in [4.78, 5) is 45.8.